The molecule has 2 aromatic rings. The topological polar surface area (TPSA) is 36.8 Å². The second-order valence-electron chi connectivity index (χ2n) is 5.58. The Morgan fingerprint density at radius 3 is 1.86 bits per heavy atom. The number of hydrogen-bond donors (Lipinski definition) is 2. The summed E-state index contributed by atoms with van der Waals surface area (Å²) >= 11 is 0. The minimum Gasteiger partial charge on any atom is -1.00 e. The number of halogens is 1. The summed E-state index contributed by atoms with van der Waals surface area (Å²) in [7, 11) is 0. The third-order valence-corrected chi connectivity index (χ3v) is 3.84. The standard InChI is InChI=1S/C19H25NO.ClH/c1-2-13-20-15-18(21)14-19(16-9-5-3-6-10-16)17-11-7-4-8-12-17;/h3-12,18-21H,2,13-15H2,1H3;1H. The molecule has 0 saturated carbocycles. The molecule has 0 aliphatic heterocycles. The van der Waals surface area contributed by atoms with Crippen LogP contribution in [0, 0.1) is 0 Å². The fraction of sp³-hybridized carbons (Fsp3) is 0.368. The van der Waals surface area contributed by atoms with Crippen molar-refractivity contribution in [2.45, 2.75) is 31.8 Å². The Labute approximate surface area is 140 Å². The first-order chi connectivity index (χ1) is 10.3. The van der Waals surface area contributed by atoms with Gasteiger partial charge in [-0.3, -0.25) is 0 Å². The third-order valence-electron chi connectivity index (χ3n) is 3.84. The van der Waals surface area contributed by atoms with Gasteiger partial charge >= 0.3 is 0 Å². The van der Waals surface area contributed by atoms with E-state index < -0.39 is 0 Å². The van der Waals surface area contributed by atoms with Gasteiger partial charge in [-0.1, -0.05) is 67.6 Å². The monoisotopic (exact) mass is 319 g/mol. The summed E-state index contributed by atoms with van der Waals surface area (Å²) < 4.78 is 0. The van der Waals surface area contributed by atoms with E-state index in [0.29, 0.717) is 0 Å². The highest BCUT2D eigenvalue weighted by atomic mass is 35.5. The molecule has 2 aromatic carbocycles. The first kappa shape index (κ1) is 18.7. The second kappa shape index (κ2) is 10.4. The summed E-state index contributed by atoms with van der Waals surface area (Å²) in [6.07, 6.45) is 1.64. The zero-order valence-electron chi connectivity index (χ0n) is 13.2. The lowest BCUT2D eigenvalue weighted by Crippen LogP contribution is -3.00. The lowest BCUT2D eigenvalue weighted by Gasteiger charge is -2.20. The third kappa shape index (κ3) is 5.80. The summed E-state index contributed by atoms with van der Waals surface area (Å²) in [5.41, 5.74) is 2.55. The molecule has 0 radical (unpaired) electrons. The van der Waals surface area contributed by atoms with E-state index in [1.165, 1.54) is 11.1 Å². The highest BCUT2D eigenvalue weighted by Crippen LogP contribution is 2.28. The molecule has 0 bridgehead atoms. The van der Waals surface area contributed by atoms with Gasteiger partial charge in [0.1, 0.15) is 12.6 Å². The van der Waals surface area contributed by atoms with E-state index in [0.717, 1.165) is 25.9 Å². The van der Waals surface area contributed by atoms with Crippen LogP contribution < -0.4 is 17.7 Å². The molecule has 0 spiro atoms. The molecule has 0 saturated heterocycles. The summed E-state index contributed by atoms with van der Waals surface area (Å²) in [6.45, 7) is 4.03. The van der Waals surface area contributed by atoms with Crippen molar-refractivity contribution in [2.24, 2.45) is 0 Å². The van der Waals surface area contributed by atoms with Crippen molar-refractivity contribution >= 4 is 0 Å². The van der Waals surface area contributed by atoms with Crippen molar-refractivity contribution in [2.75, 3.05) is 13.1 Å². The maximum absolute atomic E-state index is 10.3. The van der Waals surface area contributed by atoms with Crippen LogP contribution in [0.4, 0.5) is 0 Å². The fourth-order valence-electron chi connectivity index (χ4n) is 2.72. The SMILES string of the molecule is CCC[NH2+]CC(O)CC(c1ccccc1)c1ccccc1.[Cl-]. The first-order valence-corrected chi connectivity index (χ1v) is 7.91. The molecule has 120 valence electrons. The minimum atomic E-state index is -0.276. The van der Waals surface area contributed by atoms with Gasteiger partial charge in [0.25, 0.3) is 0 Å². The van der Waals surface area contributed by atoms with Gasteiger partial charge in [-0.05, 0) is 24.0 Å². The molecule has 22 heavy (non-hydrogen) atoms. The van der Waals surface area contributed by atoms with Gasteiger partial charge in [0.05, 0.1) is 6.54 Å². The van der Waals surface area contributed by atoms with Gasteiger partial charge in [0.2, 0.25) is 0 Å². The van der Waals surface area contributed by atoms with Gasteiger partial charge in [-0.15, -0.1) is 0 Å². The molecule has 3 heteroatoms. The van der Waals surface area contributed by atoms with Crippen LogP contribution in [0.1, 0.15) is 36.8 Å². The second-order valence-corrected chi connectivity index (χ2v) is 5.58. The van der Waals surface area contributed by atoms with Crippen molar-refractivity contribution in [1.82, 2.24) is 0 Å². The van der Waals surface area contributed by atoms with Crippen LogP contribution in [0.2, 0.25) is 0 Å². The number of nitrogens with two attached hydrogens (primary N) is 1. The largest absolute Gasteiger partial charge is 1.00 e. The number of hydrogen-bond acceptors (Lipinski definition) is 1. The van der Waals surface area contributed by atoms with Gasteiger partial charge in [0, 0.05) is 5.92 Å². The Morgan fingerprint density at radius 2 is 1.41 bits per heavy atom. The maximum Gasteiger partial charge on any atom is 0.104 e. The van der Waals surface area contributed by atoms with Crippen molar-refractivity contribution in [3.8, 4) is 0 Å². The smallest absolute Gasteiger partial charge is 0.104 e. The van der Waals surface area contributed by atoms with E-state index >= 15 is 0 Å². The zero-order chi connectivity index (χ0) is 14.9. The van der Waals surface area contributed by atoms with E-state index in [-0.39, 0.29) is 24.4 Å². The predicted octanol–water partition coefficient (Wildman–Crippen LogP) is -0.453. The average Bonchev–Trinajstić information content (AvgIpc) is 2.54. The zero-order valence-corrected chi connectivity index (χ0v) is 13.9. The van der Waals surface area contributed by atoms with Crippen molar-refractivity contribution in [3.05, 3.63) is 71.8 Å². The molecule has 1 atom stereocenters. The van der Waals surface area contributed by atoms with Crippen LogP contribution in [0.3, 0.4) is 0 Å². The van der Waals surface area contributed by atoms with E-state index in [2.05, 4.69) is 60.8 Å². The van der Waals surface area contributed by atoms with Crippen LogP contribution in [0.15, 0.2) is 60.7 Å². The number of rotatable bonds is 8. The molecular weight excluding hydrogens is 294 g/mol. The Balaban J connectivity index is 0.00000242. The maximum atomic E-state index is 10.3. The lowest BCUT2D eigenvalue weighted by molar-refractivity contribution is -0.661. The number of benzene rings is 2. The van der Waals surface area contributed by atoms with E-state index in [4.69, 9.17) is 0 Å². The van der Waals surface area contributed by atoms with Crippen LogP contribution in [-0.2, 0) is 0 Å². The van der Waals surface area contributed by atoms with Crippen LogP contribution in [-0.4, -0.2) is 24.3 Å². The van der Waals surface area contributed by atoms with Gasteiger partial charge in [-0.2, -0.15) is 0 Å². The summed E-state index contributed by atoms with van der Waals surface area (Å²) in [5, 5.41) is 12.5. The first-order valence-electron chi connectivity index (χ1n) is 7.91. The van der Waals surface area contributed by atoms with Gasteiger partial charge in [0.15, 0.2) is 0 Å². The normalized spacial score (nSPS) is 12.0. The van der Waals surface area contributed by atoms with Crippen molar-refractivity contribution in [3.63, 3.8) is 0 Å². The minimum absolute atomic E-state index is 0. The molecule has 0 aliphatic rings. The molecule has 2 nitrogen and oxygen atoms in total. The fourth-order valence-corrected chi connectivity index (χ4v) is 2.72. The molecule has 0 aromatic heterocycles. The number of aliphatic hydroxyl groups is 1. The van der Waals surface area contributed by atoms with Gasteiger partial charge < -0.3 is 22.8 Å². The summed E-state index contributed by atoms with van der Waals surface area (Å²) in [5.74, 6) is 0.262. The van der Waals surface area contributed by atoms with E-state index in [9.17, 15) is 5.11 Å². The van der Waals surface area contributed by atoms with E-state index in [1.54, 1.807) is 0 Å². The number of aliphatic hydroxyl groups excluding tert-OH is 1. The van der Waals surface area contributed by atoms with Crippen LogP contribution in [0.5, 0.6) is 0 Å². The summed E-state index contributed by atoms with van der Waals surface area (Å²) in [6, 6.07) is 21.0. The van der Waals surface area contributed by atoms with Crippen molar-refractivity contribution in [1.29, 1.82) is 0 Å². The highest BCUT2D eigenvalue weighted by molar-refractivity contribution is 5.32. The Hall–Kier alpha value is -1.35. The Bertz CT molecular complexity index is 464. The molecule has 0 heterocycles. The molecule has 0 fully saturated rings. The quantitative estimate of drug-likeness (QED) is 0.635. The predicted molar refractivity (Wildman–Crippen MR) is 87.3 cm³/mol. The highest BCUT2D eigenvalue weighted by Gasteiger charge is 2.19. The van der Waals surface area contributed by atoms with Crippen LogP contribution >= 0.6 is 0 Å². The molecular formula is C19H26ClNO. The molecule has 0 amide bonds. The van der Waals surface area contributed by atoms with Gasteiger partial charge in [-0.25, -0.2) is 0 Å². The number of quaternary nitrogens is 1. The molecule has 3 N–H and O–H groups in total. The molecule has 1 unspecified atom stereocenters. The Kier molecular flexibility index (Phi) is 8.83. The lowest BCUT2D eigenvalue weighted by atomic mass is 9.86. The van der Waals surface area contributed by atoms with E-state index in [1.807, 2.05) is 12.1 Å². The molecule has 0 aliphatic carbocycles. The molecule has 2 rings (SSSR count). The van der Waals surface area contributed by atoms with Crippen LogP contribution in [0.25, 0.3) is 0 Å². The average molecular weight is 320 g/mol. The van der Waals surface area contributed by atoms with Crippen molar-refractivity contribution < 1.29 is 22.8 Å². The summed E-state index contributed by atoms with van der Waals surface area (Å²) in [4.78, 5) is 0. The Morgan fingerprint density at radius 1 is 0.909 bits per heavy atom.